The highest BCUT2D eigenvalue weighted by molar-refractivity contribution is 5.92. The first-order valence-corrected chi connectivity index (χ1v) is 40.6. The van der Waals surface area contributed by atoms with E-state index in [2.05, 4.69) is 5.32 Å². The summed E-state index contributed by atoms with van der Waals surface area (Å²) in [5.41, 5.74) is -0.424. The van der Waals surface area contributed by atoms with E-state index in [0.717, 1.165) is 83.3 Å². The lowest BCUT2D eigenvalue weighted by atomic mass is 9.93. The maximum Gasteiger partial charge on any atom is 0.338 e. The second-order valence-electron chi connectivity index (χ2n) is 29.6. The van der Waals surface area contributed by atoms with E-state index in [1.54, 1.807) is 24.3 Å². The van der Waals surface area contributed by atoms with Crippen LogP contribution in [0.2, 0.25) is 0 Å². The molecule has 0 radical (unpaired) electrons. The van der Waals surface area contributed by atoms with E-state index in [0.29, 0.717) is 0 Å². The van der Waals surface area contributed by atoms with Gasteiger partial charge in [-0.3, -0.25) is 52.7 Å². The van der Waals surface area contributed by atoms with Gasteiger partial charge in [0.2, 0.25) is 5.91 Å². The zero-order chi connectivity index (χ0) is 94.2. The number of methoxy groups -OCH3 is 1. The third-order valence-electron chi connectivity index (χ3n) is 19.8. The molecule has 0 bridgehead atoms. The molecular weight excluding hydrogens is 1730 g/mol. The van der Waals surface area contributed by atoms with Gasteiger partial charge in [0.25, 0.3) is 0 Å². The number of benzene rings is 5. The molecule has 5 aliphatic rings. The Morgan fingerprint density at radius 2 is 0.454 bits per heavy atom. The van der Waals surface area contributed by atoms with Crippen LogP contribution in [0.1, 0.15) is 128 Å². The summed E-state index contributed by atoms with van der Waals surface area (Å²) in [5.74, 6) is -17.5. The highest BCUT2D eigenvalue weighted by atomic mass is 16.8. The molecule has 5 fully saturated rings. The number of nitrogens with one attached hydrogen (secondary N) is 1. The van der Waals surface area contributed by atoms with Crippen LogP contribution in [-0.4, -0.2) is 289 Å². The van der Waals surface area contributed by atoms with E-state index < -0.39 is 282 Å². The van der Waals surface area contributed by atoms with Crippen molar-refractivity contribution in [1.29, 1.82) is 0 Å². The Bertz CT molecular complexity index is 4770. The van der Waals surface area contributed by atoms with Gasteiger partial charge in [-0.15, -0.1) is 0 Å². The molecule has 5 aliphatic heterocycles. The molecule has 5 heterocycles. The van der Waals surface area contributed by atoms with E-state index in [1.165, 1.54) is 127 Å². The first kappa shape index (κ1) is 99.4. The highest BCUT2D eigenvalue weighted by Gasteiger charge is 2.63. The first-order valence-electron chi connectivity index (χ1n) is 40.6. The maximum atomic E-state index is 15.4. The van der Waals surface area contributed by atoms with Gasteiger partial charge in [-0.2, -0.15) is 0 Å². The molecule has 1 amide bonds. The summed E-state index contributed by atoms with van der Waals surface area (Å²) >= 11 is 0. The van der Waals surface area contributed by atoms with Gasteiger partial charge in [0.1, 0.15) is 94.0 Å². The monoisotopic (exact) mass is 1820 g/mol. The average Bonchev–Trinajstić information content (AvgIpc) is 0.753. The molecule has 0 aliphatic carbocycles. The average molecular weight is 1820 g/mol. The van der Waals surface area contributed by atoms with Gasteiger partial charge in [0.15, 0.2) is 92.5 Å². The Labute approximate surface area is 742 Å². The Morgan fingerprint density at radius 3 is 0.777 bits per heavy atom. The number of carbonyl (C=O) groups is 16. The van der Waals surface area contributed by atoms with Crippen LogP contribution < -0.4 is 5.32 Å². The molecule has 0 spiro atoms. The molecule has 0 unspecified atom stereocenters. The lowest BCUT2D eigenvalue weighted by Crippen LogP contribution is -2.71. The second-order valence-corrected chi connectivity index (χ2v) is 29.6. The van der Waals surface area contributed by atoms with Crippen LogP contribution in [0.5, 0.6) is 0 Å². The van der Waals surface area contributed by atoms with Crippen LogP contribution in [0.25, 0.3) is 0 Å². The van der Waals surface area contributed by atoms with Gasteiger partial charge in [-0.05, 0) is 60.7 Å². The number of hydrogen-bond acceptors (Lipinski definition) is 41. The summed E-state index contributed by atoms with van der Waals surface area (Å²) in [6.45, 7) is 5.41. The van der Waals surface area contributed by atoms with E-state index in [-0.39, 0.29) is 27.8 Å². The molecule has 25 atom stereocenters. The molecule has 5 saturated heterocycles. The number of esters is 15. The largest absolute Gasteiger partial charge is 0.463 e. The van der Waals surface area contributed by atoms with Crippen molar-refractivity contribution in [3.8, 4) is 0 Å². The highest BCUT2D eigenvalue weighted by Crippen LogP contribution is 2.42. The molecular formula is C88H97NO41. The Hall–Kier alpha value is -12.8. The maximum absolute atomic E-state index is 15.4. The van der Waals surface area contributed by atoms with Crippen molar-refractivity contribution in [1.82, 2.24) is 5.32 Å². The van der Waals surface area contributed by atoms with Gasteiger partial charge >= 0.3 is 89.5 Å². The molecule has 1 N–H and O–H groups in total. The molecule has 42 heteroatoms. The summed E-state index contributed by atoms with van der Waals surface area (Å²) in [7, 11) is 1.14. The number of amides is 1. The van der Waals surface area contributed by atoms with Gasteiger partial charge in [-0.1, -0.05) is 91.0 Å². The molecule has 5 aromatic rings. The van der Waals surface area contributed by atoms with Crippen LogP contribution >= 0.6 is 0 Å². The second kappa shape index (κ2) is 47.0. The quantitative estimate of drug-likeness (QED) is 0.0444. The Kier molecular flexibility index (Phi) is 35.9. The number of hydrogen-bond donors (Lipinski definition) is 1. The zero-order valence-electron chi connectivity index (χ0n) is 72.1. The lowest BCUT2D eigenvalue weighted by molar-refractivity contribution is -0.386. The third kappa shape index (κ3) is 27.4. The van der Waals surface area contributed by atoms with Crippen molar-refractivity contribution >= 4 is 95.4 Å². The van der Waals surface area contributed by atoms with E-state index in [9.17, 15) is 71.9 Å². The fourth-order valence-electron chi connectivity index (χ4n) is 14.6. The normalized spacial score (nSPS) is 28.6. The minimum atomic E-state index is -2.41. The summed E-state index contributed by atoms with van der Waals surface area (Å²) < 4.78 is 155. The molecule has 130 heavy (non-hydrogen) atoms. The topological polar surface area (TPSA) is 516 Å². The minimum Gasteiger partial charge on any atom is -0.463 e. The van der Waals surface area contributed by atoms with Crippen LogP contribution in [0.15, 0.2) is 152 Å². The summed E-state index contributed by atoms with van der Waals surface area (Å²) in [5, 5.41) is 2.60. The summed E-state index contributed by atoms with van der Waals surface area (Å²) in [4.78, 5) is 221. The van der Waals surface area contributed by atoms with Crippen molar-refractivity contribution in [2.24, 2.45) is 0 Å². The smallest absolute Gasteiger partial charge is 0.338 e. The van der Waals surface area contributed by atoms with Crippen molar-refractivity contribution in [2.45, 2.75) is 230 Å². The van der Waals surface area contributed by atoms with Gasteiger partial charge in [-0.25, -0.2) is 24.0 Å². The van der Waals surface area contributed by atoms with Crippen LogP contribution in [0, 0.1) is 0 Å². The fraction of sp³-hybridized carbons (Fsp3) is 0.477. The third-order valence-corrected chi connectivity index (χ3v) is 19.8. The van der Waals surface area contributed by atoms with E-state index in [1.807, 2.05) is 0 Å². The molecule has 700 valence electrons. The van der Waals surface area contributed by atoms with Gasteiger partial charge in [0, 0.05) is 83.3 Å². The van der Waals surface area contributed by atoms with Crippen molar-refractivity contribution in [3.63, 3.8) is 0 Å². The van der Waals surface area contributed by atoms with E-state index in [4.69, 9.17) is 118 Å². The number of carbonyl (C=O) groups excluding carboxylic acids is 16. The van der Waals surface area contributed by atoms with Gasteiger partial charge in [0.05, 0.1) is 27.8 Å². The van der Waals surface area contributed by atoms with Crippen molar-refractivity contribution < 1.29 is 195 Å². The Morgan fingerprint density at radius 1 is 0.231 bits per heavy atom. The number of ether oxygens (including phenoxy) is 25. The molecule has 42 nitrogen and oxygen atoms in total. The zero-order valence-corrected chi connectivity index (χ0v) is 72.1. The van der Waals surface area contributed by atoms with Crippen LogP contribution in [0.4, 0.5) is 0 Å². The molecule has 0 saturated carbocycles. The fourth-order valence-corrected chi connectivity index (χ4v) is 14.6. The molecule has 10 rings (SSSR count). The van der Waals surface area contributed by atoms with Crippen molar-refractivity contribution in [3.05, 3.63) is 179 Å². The lowest BCUT2D eigenvalue weighted by Gasteiger charge is -2.52. The SMILES string of the molecule is CO[C@@H]1O[C@H](COC(=O)c2ccccc2)[C@@H](O[C@@H]2O[C@H](COC(=O)c3ccccc3)[C@H](OC(C)=O)[C@H](O[C@@H]3O[C@H](COC(C)=O)[C@@H](O[C@@H]4O[C@H](COC(C)=O)[C@H](OC(C)=O)[C@H](O[C@H]5O[C@H](COC(C)=O)[C@H](OC(C)=O)[C@H](OC(C)=O)[C@H]5OC(C)=O)[C@H]4OC(C)=O)[C@H](OC(C)=O)[C@H]3NC(C)=O)[C@H]2OC(=O)c2ccccc2)[C@H](OC(=O)c2ccccc2)[C@H]1OC(=O)c1ccccc1. The van der Waals surface area contributed by atoms with Crippen LogP contribution in [-0.2, 0) is 171 Å². The van der Waals surface area contributed by atoms with E-state index >= 15 is 4.79 Å². The van der Waals surface area contributed by atoms with Crippen molar-refractivity contribution in [2.75, 3.05) is 40.1 Å². The number of rotatable bonds is 35. The predicted octanol–water partition coefficient (Wildman–Crippen LogP) is 3.90. The van der Waals surface area contributed by atoms with Crippen LogP contribution in [0.3, 0.4) is 0 Å². The summed E-state index contributed by atoms with van der Waals surface area (Å²) in [6.07, 6.45) is -50.6. The summed E-state index contributed by atoms with van der Waals surface area (Å²) in [6, 6.07) is 34.5. The van der Waals surface area contributed by atoms with Gasteiger partial charge < -0.3 is 124 Å². The molecule has 0 aromatic heterocycles. The Balaban J connectivity index is 1.17. The standard InChI is InChI=1S/C88H97NO41/c1-43(90)89-64-70(115-50(8)97)65(127-86-77(118-53(11)100)73(67(113-48(6)95)61(121-86)40-109-46(4)93)130-87-76(117-52(10)99)71(116-51(9)98)66(112-47(5)94)60(122-87)39-108-45(3)92)59(38-107-44(2)91)119-84(64)129-74-68(114-49(7)96)62(41-110-79(101)54-28-18-13-19-29-54)123-88(78(74)126-83(105)58-36-26-17-27-37-58)128-69-63(42-111-80(102)55-30-20-14-21-31-55)120-85(106-12)75(125-82(104)57-34-24-16-25-35-57)72(69)124-81(103)56-32-22-15-23-33-56/h13-37,59-78,84-88H,38-42H2,1-12H3,(H,89,90)/t59-,60-,61-,62-,63-,64-,65-,66+,67+,68+,69-,70-,71+,72+,73+,74+,75-,76-,77-,78-,84+,85-,86+,87-,88+/m1/s1. The first-order chi connectivity index (χ1) is 62.0. The molecule has 5 aromatic carbocycles. The minimum absolute atomic E-state index is 0.0130. The predicted molar refractivity (Wildman–Crippen MR) is 427 cm³/mol.